The maximum Gasteiger partial charge on any atom is 0.139 e. The molecule has 5 nitrogen and oxygen atoms in total. The number of benzene rings is 1. The molecule has 110 valence electrons. The number of aromatic nitrogens is 1. The zero-order valence-electron chi connectivity index (χ0n) is 11.5. The molecule has 2 aromatic heterocycles. The number of thiazole rings is 1. The quantitative estimate of drug-likeness (QED) is 0.247. The maximum atomic E-state index is 8.50. The third-order valence-electron chi connectivity index (χ3n) is 3.13. The van der Waals surface area contributed by atoms with Crippen LogP contribution in [0.5, 0.6) is 5.75 Å². The fourth-order valence-corrected chi connectivity index (χ4v) is 4.02. The van der Waals surface area contributed by atoms with Gasteiger partial charge in [0.2, 0.25) is 0 Å². The molecule has 0 bridgehead atoms. The van der Waals surface area contributed by atoms with Crippen LogP contribution in [0.1, 0.15) is 17.8 Å². The van der Waals surface area contributed by atoms with Gasteiger partial charge in [0.05, 0.1) is 26.5 Å². The van der Waals surface area contributed by atoms with Gasteiger partial charge >= 0.3 is 0 Å². The van der Waals surface area contributed by atoms with Crippen molar-refractivity contribution in [1.29, 1.82) is 0 Å². The molecule has 0 spiro atoms. The number of fused-ring (bicyclic) bond motifs is 3. The molecule has 3 aromatic rings. The summed E-state index contributed by atoms with van der Waals surface area (Å²) in [5.41, 5.74) is 6.50. The first-order valence-corrected chi connectivity index (χ1v) is 8.25. The fourth-order valence-electron chi connectivity index (χ4n) is 2.19. The fraction of sp³-hybridized carbons (Fsp3) is 0.286. The maximum absolute atomic E-state index is 8.50. The first kappa shape index (κ1) is 14.1. The summed E-state index contributed by atoms with van der Waals surface area (Å²) in [4.78, 5) is 4.60. The Morgan fingerprint density at radius 2 is 2.38 bits per heavy atom. The second-order valence-electron chi connectivity index (χ2n) is 4.66. The standard InChI is InChI=1S/C14H15N3O2S2/c1-8-16-13-11(21-8)7-10(9-4-6-20-14(9)13)19-5-2-3-12(15)17-18/h4,6-7,18H,2-3,5H2,1H3,(H2,15,17). The Kier molecular flexibility index (Phi) is 3.94. The molecule has 7 heteroatoms. The van der Waals surface area contributed by atoms with E-state index in [1.807, 2.05) is 6.92 Å². The van der Waals surface area contributed by atoms with Crippen molar-refractivity contribution in [3.8, 4) is 5.75 Å². The third kappa shape index (κ3) is 2.79. The SMILES string of the molecule is Cc1nc2c(cc(OCCC/C(N)=N/O)c3ccsc32)s1. The topological polar surface area (TPSA) is 80.7 Å². The number of rotatable bonds is 5. The molecule has 3 rings (SSSR count). The van der Waals surface area contributed by atoms with E-state index in [-0.39, 0.29) is 5.84 Å². The van der Waals surface area contributed by atoms with Crippen LogP contribution in [0.2, 0.25) is 0 Å². The van der Waals surface area contributed by atoms with E-state index in [0.29, 0.717) is 19.4 Å². The van der Waals surface area contributed by atoms with Crippen LogP contribution in [0, 0.1) is 6.92 Å². The van der Waals surface area contributed by atoms with E-state index in [0.717, 1.165) is 26.4 Å². The minimum absolute atomic E-state index is 0.229. The van der Waals surface area contributed by atoms with E-state index in [4.69, 9.17) is 15.7 Å². The molecule has 3 N–H and O–H groups in total. The minimum Gasteiger partial charge on any atom is -0.493 e. The number of amidine groups is 1. The molecule has 0 fully saturated rings. The van der Waals surface area contributed by atoms with Gasteiger partial charge < -0.3 is 15.7 Å². The lowest BCUT2D eigenvalue weighted by Crippen LogP contribution is -2.12. The molecule has 0 aliphatic rings. The van der Waals surface area contributed by atoms with Crippen LogP contribution in [-0.2, 0) is 0 Å². The van der Waals surface area contributed by atoms with Crippen LogP contribution in [0.15, 0.2) is 22.7 Å². The van der Waals surface area contributed by atoms with Gasteiger partial charge in [0.1, 0.15) is 11.6 Å². The highest BCUT2D eigenvalue weighted by atomic mass is 32.1. The Hall–Kier alpha value is -1.86. The predicted molar refractivity (Wildman–Crippen MR) is 87.9 cm³/mol. The number of nitrogens with two attached hydrogens (primary N) is 1. The van der Waals surface area contributed by atoms with Gasteiger partial charge in [-0.15, -0.1) is 22.7 Å². The Labute approximate surface area is 129 Å². The first-order chi connectivity index (χ1) is 10.2. The second-order valence-corrected chi connectivity index (χ2v) is 6.81. The summed E-state index contributed by atoms with van der Waals surface area (Å²) in [7, 11) is 0. The highest BCUT2D eigenvalue weighted by molar-refractivity contribution is 7.21. The van der Waals surface area contributed by atoms with Crippen LogP contribution in [0.4, 0.5) is 0 Å². The smallest absolute Gasteiger partial charge is 0.139 e. The van der Waals surface area contributed by atoms with Crippen LogP contribution in [0.25, 0.3) is 20.3 Å². The lowest BCUT2D eigenvalue weighted by Gasteiger charge is -2.07. The monoisotopic (exact) mass is 321 g/mol. The number of ether oxygens (including phenoxy) is 1. The second kappa shape index (κ2) is 5.87. The van der Waals surface area contributed by atoms with Crippen molar-refractivity contribution < 1.29 is 9.94 Å². The third-order valence-corrected chi connectivity index (χ3v) is 4.97. The van der Waals surface area contributed by atoms with Crippen molar-refractivity contribution in [3.63, 3.8) is 0 Å². The molecule has 0 atom stereocenters. The van der Waals surface area contributed by atoms with Crippen LogP contribution in [0.3, 0.4) is 0 Å². The molecule has 0 amide bonds. The Bertz CT molecular complexity index is 807. The largest absolute Gasteiger partial charge is 0.493 e. The Morgan fingerprint density at radius 3 is 3.19 bits per heavy atom. The molecule has 0 aliphatic carbocycles. The van der Waals surface area contributed by atoms with Crippen molar-refractivity contribution in [1.82, 2.24) is 4.98 Å². The van der Waals surface area contributed by atoms with Crippen molar-refractivity contribution in [2.75, 3.05) is 6.61 Å². The lowest BCUT2D eigenvalue weighted by atomic mass is 10.2. The van der Waals surface area contributed by atoms with Crippen molar-refractivity contribution in [2.24, 2.45) is 10.9 Å². The van der Waals surface area contributed by atoms with Gasteiger partial charge in [-0.05, 0) is 24.8 Å². The molecule has 21 heavy (non-hydrogen) atoms. The molecule has 0 aliphatic heterocycles. The molecule has 0 radical (unpaired) electrons. The van der Waals surface area contributed by atoms with Gasteiger partial charge in [0, 0.05) is 17.9 Å². The highest BCUT2D eigenvalue weighted by Gasteiger charge is 2.12. The van der Waals surface area contributed by atoms with Gasteiger partial charge in [0.15, 0.2) is 0 Å². The van der Waals surface area contributed by atoms with Gasteiger partial charge in [-0.25, -0.2) is 4.98 Å². The molecule has 0 saturated heterocycles. The normalized spacial score (nSPS) is 12.3. The van der Waals surface area contributed by atoms with Gasteiger partial charge in [0.25, 0.3) is 0 Å². The zero-order valence-corrected chi connectivity index (χ0v) is 13.1. The minimum atomic E-state index is 0.229. The summed E-state index contributed by atoms with van der Waals surface area (Å²) >= 11 is 3.36. The van der Waals surface area contributed by atoms with E-state index in [1.165, 1.54) is 4.70 Å². The van der Waals surface area contributed by atoms with E-state index in [2.05, 4.69) is 27.7 Å². The summed E-state index contributed by atoms with van der Waals surface area (Å²) < 4.78 is 8.20. The molecule has 0 saturated carbocycles. The summed E-state index contributed by atoms with van der Waals surface area (Å²) in [6, 6.07) is 4.12. The van der Waals surface area contributed by atoms with Crippen LogP contribution in [-0.4, -0.2) is 22.6 Å². The van der Waals surface area contributed by atoms with Crippen molar-refractivity contribution in [3.05, 3.63) is 22.5 Å². The number of aryl methyl sites for hydroxylation is 1. The van der Waals surface area contributed by atoms with Crippen LogP contribution < -0.4 is 10.5 Å². The van der Waals surface area contributed by atoms with Crippen molar-refractivity contribution in [2.45, 2.75) is 19.8 Å². The Balaban J connectivity index is 1.85. The average Bonchev–Trinajstić information content (AvgIpc) is 3.08. The molecule has 2 heterocycles. The number of hydrogen-bond acceptors (Lipinski definition) is 6. The number of hydrogen-bond donors (Lipinski definition) is 2. The summed E-state index contributed by atoms with van der Waals surface area (Å²) in [6.07, 6.45) is 1.23. The van der Waals surface area contributed by atoms with E-state index in [9.17, 15) is 0 Å². The summed E-state index contributed by atoms with van der Waals surface area (Å²) in [5.74, 6) is 1.11. The zero-order chi connectivity index (χ0) is 14.8. The lowest BCUT2D eigenvalue weighted by molar-refractivity contribution is 0.307. The summed E-state index contributed by atoms with van der Waals surface area (Å²) in [6.45, 7) is 2.55. The molecular weight excluding hydrogens is 306 g/mol. The average molecular weight is 321 g/mol. The molecular formula is C14H15N3O2S2. The summed E-state index contributed by atoms with van der Waals surface area (Å²) in [5, 5.41) is 15.7. The van der Waals surface area contributed by atoms with Gasteiger partial charge in [-0.2, -0.15) is 0 Å². The highest BCUT2D eigenvalue weighted by Crippen LogP contribution is 2.38. The first-order valence-electron chi connectivity index (χ1n) is 6.55. The predicted octanol–water partition coefficient (Wildman–Crippen LogP) is 3.72. The number of oxime groups is 1. The number of thiophene rings is 1. The van der Waals surface area contributed by atoms with Gasteiger partial charge in [-0.3, -0.25) is 0 Å². The van der Waals surface area contributed by atoms with Crippen molar-refractivity contribution >= 4 is 48.8 Å². The van der Waals surface area contributed by atoms with Gasteiger partial charge in [-0.1, -0.05) is 5.16 Å². The van der Waals surface area contributed by atoms with E-state index in [1.54, 1.807) is 22.7 Å². The Morgan fingerprint density at radius 1 is 1.52 bits per heavy atom. The molecule has 0 unspecified atom stereocenters. The van der Waals surface area contributed by atoms with E-state index >= 15 is 0 Å². The van der Waals surface area contributed by atoms with Crippen LogP contribution >= 0.6 is 22.7 Å². The molecule has 1 aromatic carbocycles. The number of nitrogens with zero attached hydrogens (tertiary/aromatic N) is 2. The van der Waals surface area contributed by atoms with E-state index < -0.39 is 0 Å².